The number of aliphatic hydroxyl groups is 1. The Morgan fingerprint density at radius 2 is 2.31 bits per heavy atom. The van der Waals surface area contributed by atoms with Gasteiger partial charge in [0.2, 0.25) is 0 Å². The molecule has 0 aromatic rings. The minimum Gasteiger partial charge on any atom is -0.381 e. The van der Waals surface area contributed by atoms with Crippen molar-refractivity contribution in [1.29, 1.82) is 0 Å². The van der Waals surface area contributed by atoms with Crippen molar-refractivity contribution in [1.82, 2.24) is 0 Å². The van der Waals surface area contributed by atoms with Gasteiger partial charge in [0.25, 0.3) is 0 Å². The summed E-state index contributed by atoms with van der Waals surface area (Å²) < 4.78 is 0. The van der Waals surface area contributed by atoms with E-state index in [1.807, 2.05) is 6.08 Å². The average Bonchev–Trinajstić information content (AvgIpc) is 2.82. The molecule has 1 fully saturated rings. The van der Waals surface area contributed by atoms with E-state index in [0.29, 0.717) is 0 Å². The topological polar surface area (TPSA) is 20.2 Å². The maximum absolute atomic E-state index is 8.85. The maximum atomic E-state index is 8.85. The van der Waals surface area contributed by atoms with E-state index < -0.39 is 6.10 Å². The van der Waals surface area contributed by atoms with Gasteiger partial charge < -0.3 is 5.11 Å². The quantitative estimate of drug-likeness (QED) is 0.658. The van der Waals surface area contributed by atoms with Gasteiger partial charge in [0.15, 0.2) is 0 Å². The van der Waals surface area contributed by atoms with E-state index in [1.165, 1.54) is 12.8 Å². The van der Waals surface area contributed by atoms with Crippen LogP contribution in [0.2, 0.25) is 0 Å². The van der Waals surface area contributed by atoms with Gasteiger partial charge in [0.05, 0.1) is 0 Å². The van der Waals surface area contributed by atoms with Crippen LogP contribution in [0.4, 0.5) is 0 Å². The molecule has 0 saturated heterocycles. The molecule has 1 N–H and O–H groups in total. The zero-order valence-corrected chi connectivity index (χ0v) is 8.46. The van der Waals surface area contributed by atoms with Gasteiger partial charge in [0, 0.05) is 0 Å². The summed E-state index contributed by atoms with van der Waals surface area (Å²) in [6.45, 7) is 3.93. The largest absolute Gasteiger partial charge is 0.381 e. The first-order chi connectivity index (χ1) is 6.24. The van der Waals surface area contributed by atoms with Gasteiger partial charge in [-0.3, -0.25) is 0 Å². The summed E-state index contributed by atoms with van der Waals surface area (Å²) in [6.07, 6.45) is 7.34. The highest BCUT2D eigenvalue weighted by Gasteiger charge is 2.33. The van der Waals surface area contributed by atoms with Crippen LogP contribution in [0.15, 0.2) is 12.2 Å². The third kappa shape index (κ3) is 4.15. The second-order valence-electron chi connectivity index (χ2n) is 3.77. The van der Waals surface area contributed by atoms with E-state index in [9.17, 15) is 0 Å². The lowest BCUT2D eigenvalue weighted by Crippen LogP contribution is -1.91. The second-order valence-corrected chi connectivity index (χ2v) is 3.77. The Morgan fingerprint density at radius 3 is 2.85 bits per heavy atom. The predicted molar refractivity (Wildman–Crippen MR) is 55.1 cm³/mol. The lowest BCUT2D eigenvalue weighted by atomic mass is 10.2. The molecule has 13 heavy (non-hydrogen) atoms. The normalized spacial score (nSPS) is 28.2. The molecule has 72 valence electrons. The molecule has 0 amide bonds. The summed E-state index contributed by atoms with van der Waals surface area (Å²) in [7, 11) is 0. The minimum absolute atomic E-state index is 0.506. The molecule has 3 atom stereocenters. The number of aliphatic hydroxyl groups excluding tert-OH is 1. The Labute approximate surface area is 80.9 Å². The van der Waals surface area contributed by atoms with Crippen molar-refractivity contribution < 1.29 is 5.11 Å². The fourth-order valence-electron chi connectivity index (χ4n) is 1.57. The molecule has 1 nitrogen and oxygen atoms in total. The van der Waals surface area contributed by atoms with Crippen LogP contribution in [0.25, 0.3) is 0 Å². The fraction of sp³-hybridized carbons (Fsp3) is 0.667. The fourth-order valence-corrected chi connectivity index (χ4v) is 1.57. The molecule has 0 radical (unpaired) electrons. The number of hydrogen-bond donors (Lipinski definition) is 1. The maximum Gasteiger partial charge on any atom is 0.112 e. The predicted octanol–water partition coefficient (Wildman–Crippen LogP) is 2.36. The number of rotatable bonds is 3. The number of hydrogen-bond acceptors (Lipinski definition) is 1. The Bertz CT molecular complexity index is 229. The average molecular weight is 178 g/mol. The molecule has 1 heteroatoms. The van der Waals surface area contributed by atoms with E-state index in [-0.39, 0.29) is 0 Å². The standard InChI is InChI=1S/C12H18O/c1-3-11-9-12(11)8-6-4-5-7-10(2)13/h4,6,10-13H,3,8-9H2,1-2H3/b6-4+. The summed E-state index contributed by atoms with van der Waals surface area (Å²) >= 11 is 0. The van der Waals surface area contributed by atoms with Gasteiger partial charge in [-0.15, -0.1) is 0 Å². The van der Waals surface area contributed by atoms with Crippen molar-refractivity contribution in [3.05, 3.63) is 12.2 Å². The van der Waals surface area contributed by atoms with Crippen LogP contribution >= 0.6 is 0 Å². The van der Waals surface area contributed by atoms with Gasteiger partial charge in [0.1, 0.15) is 6.10 Å². The SMILES string of the molecule is CCC1CC1C/C=C/C#CC(C)O. The highest BCUT2D eigenvalue weighted by atomic mass is 16.3. The zero-order chi connectivity index (χ0) is 9.68. The highest BCUT2D eigenvalue weighted by Crippen LogP contribution is 2.43. The molecule has 3 unspecified atom stereocenters. The van der Waals surface area contributed by atoms with Gasteiger partial charge in [-0.25, -0.2) is 0 Å². The minimum atomic E-state index is -0.506. The summed E-state index contributed by atoms with van der Waals surface area (Å²) in [5, 5.41) is 8.85. The first kappa shape index (κ1) is 10.3. The van der Waals surface area contributed by atoms with Crippen LogP contribution in [0.5, 0.6) is 0 Å². The van der Waals surface area contributed by atoms with E-state index in [4.69, 9.17) is 5.11 Å². The molecule has 1 saturated carbocycles. The van der Waals surface area contributed by atoms with Gasteiger partial charge in [-0.2, -0.15) is 0 Å². The smallest absolute Gasteiger partial charge is 0.112 e. The lowest BCUT2D eigenvalue weighted by molar-refractivity contribution is 0.253. The van der Waals surface area contributed by atoms with Crippen LogP contribution in [0, 0.1) is 23.7 Å². The molecule has 1 aliphatic carbocycles. The van der Waals surface area contributed by atoms with Crippen molar-refractivity contribution in [3.63, 3.8) is 0 Å². The Hall–Kier alpha value is -0.740. The first-order valence-electron chi connectivity index (χ1n) is 5.08. The van der Waals surface area contributed by atoms with E-state index in [2.05, 4.69) is 24.8 Å². The molecule has 0 heterocycles. The van der Waals surface area contributed by atoms with Crippen LogP contribution in [0.3, 0.4) is 0 Å². The zero-order valence-electron chi connectivity index (χ0n) is 8.46. The van der Waals surface area contributed by atoms with Crippen molar-refractivity contribution in [2.24, 2.45) is 11.8 Å². The lowest BCUT2D eigenvalue weighted by Gasteiger charge is -1.88. The highest BCUT2D eigenvalue weighted by molar-refractivity contribution is 5.17. The molecule has 0 aliphatic heterocycles. The Morgan fingerprint density at radius 1 is 1.54 bits per heavy atom. The van der Waals surface area contributed by atoms with Crippen LogP contribution in [0.1, 0.15) is 33.1 Å². The van der Waals surface area contributed by atoms with E-state index in [1.54, 1.807) is 6.92 Å². The molecule has 0 spiro atoms. The molecule has 0 aromatic heterocycles. The van der Waals surface area contributed by atoms with E-state index in [0.717, 1.165) is 18.3 Å². The first-order valence-corrected chi connectivity index (χ1v) is 5.08. The van der Waals surface area contributed by atoms with Gasteiger partial charge in [-0.1, -0.05) is 31.3 Å². The number of allylic oxidation sites excluding steroid dienone is 2. The van der Waals surface area contributed by atoms with Crippen LogP contribution < -0.4 is 0 Å². The van der Waals surface area contributed by atoms with Crippen molar-refractivity contribution in [2.75, 3.05) is 0 Å². The third-order valence-corrected chi connectivity index (χ3v) is 2.53. The summed E-state index contributed by atoms with van der Waals surface area (Å²) in [5.74, 6) is 7.38. The molecule has 1 rings (SSSR count). The molecule has 0 aromatic carbocycles. The van der Waals surface area contributed by atoms with Gasteiger partial charge >= 0.3 is 0 Å². The third-order valence-electron chi connectivity index (χ3n) is 2.53. The van der Waals surface area contributed by atoms with E-state index >= 15 is 0 Å². The van der Waals surface area contributed by atoms with Gasteiger partial charge in [-0.05, 0) is 37.7 Å². The Kier molecular flexibility index (Phi) is 4.05. The van der Waals surface area contributed by atoms with Crippen molar-refractivity contribution in [3.8, 4) is 11.8 Å². The summed E-state index contributed by atoms with van der Waals surface area (Å²) in [6, 6.07) is 0. The Balaban J connectivity index is 2.10. The summed E-state index contributed by atoms with van der Waals surface area (Å²) in [5.41, 5.74) is 0. The van der Waals surface area contributed by atoms with Crippen LogP contribution in [-0.4, -0.2) is 11.2 Å². The van der Waals surface area contributed by atoms with Crippen molar-refractivity contribution in [2.45, 2.75) is 39.2 Å². The monoisotopic (exact) mass is 178 g/mol. The molecule has 1 aliphatic rings. The molecular weight excluding hydrogens is 160 g/mol. The molecular formula is C12H18O. The van der Waals surface area contributed by atoms with Crippen LogP contribution in [-0.2, 0) is 0 Å². The second kappa shape index (κ2) is 5.09. The summed E-state index contributed by atoms with van der Waals surface area (Å²) in [4.78, 5) is 0. The molecule has 0 bridgehead atoms. The van der Waals surface area contributed by atoms with Crippen molar-refractivity contribution >= 4 is 0 Å².